The first-order valence-corrected chi connectivity index (χ1v) is 14.0. The molecule has 0 N–H and O–H groups in total. The third-order valence-corrected chi connectivity index (χ3v) is 7.34. The van der Waals surface area contributed by atoms with E-state index in [0.29, 0.717) is 0 Å². The van der Waals surface area contributed by atoms with Gasteiger partial charge in [-0.2, -0.15) is 0 Å². The fraction of sp³-hybridized carbons (Fsp3) is 0.769. The largest absolute Gasteiger partial charge is 0.490 e. The van der Waals surface area contributed by atoms with Gasteiger partial charge in [0, 0.05) is 8.95 Å². The zero-order chi connectivity index (χ0) is 21.9. The third-order valence-electron chi connectivity index (χ3n) is 5.50. The minimum Gasteiger partial charge on any atom is -0.490 e. The van der Waals surface area contributed by atoms with Gasteiger partial charge in [-0.3, -0.25) is 0 Å². The van der Waals surface area contributed by atoms with Crippen LogP contribution < -0.4 is 9.47 Å². The summed E-state index contributed by atoms with van der Waals surface area (Å²) in [5.74, 6) is 1.71. The molecule has 2 nitrogen and oxygen atoms in total. The lowest BCUT2D eigenvalue weighted by molar-refractivity contribution is 0.258. The van der Waals surface area contributed by atoms with Crippen LogP contribution in [0.3, 0.4) is 0 Å². The molecule has 0 aliphatic rings. The van der Waals surface area contributed by atoms with Gasteiger partial charge < -0.3 is 9.47 Å². The molecule has 0 aliphatic carbocycles. The summed E-state index contributed by atoms with van der Waals surface area (Å²) in [4.78, 5) is 0. The van der Waals surface area contributed by atoms with Crippen molar-refractivity contribution in [3.63, 3.8) is 0 Å². The summed E-state index contributed by atoms with van der Waals surface area (Å²) in [5, 5.41) is 0. The van der Waals surface area contributed by atoms with Gasteiger partial charge in [0.1, 0.15) is 0 Å². The Labute approximate surface area is 203 Å². The SMILES string of the molecule is CCCCCCCCCCOc1cc(Br)c(Br)cc1OCCCCCCCCCC. The third kappa shape index (κ3) is 14.0. The standard InChI is InChI=1S/C26H44Br2O2/c1-3-5-7-9-11-13-15-17-19-29-25-21-23(27)24(28)22-26(25)30-20-18-16-14-12-10-8-6-4-2/h21-22H,3-20H2,1-2H3. The molecule has 0 fully saturated rings. The summed E-state index contributed by atoms with van der Waals surface area (Å²) < 4.78 is 14.2. The van der Waals surface area contributed by atoms with Crippen molar-refractivity contribution in [2.24, 2.45) is 0 Å². The molecule has 30 heavy (non-hydrogen) atoms. The van der Waals surface area contributed by atoms with Gasteiger partial charge in [0.05, 0.1) is 13.2 Å². The van der Waals surface area contributed by atoms with Crippen LogP contribution in [-0.4, -0.2) is 13.2 Å². The highest BCUT2D eigenvalue weighted by atomic mass is 79.9. The van der Waals surface area contributed by atoms with Crippen molar-refractivity contribution >= 4 is 31.9 Å². The van der Waals surface area contributed by atoms with Crippen molar-refractivity contribution in [3.05, 3.63) is 21.1 Å². The lowest BCUT2D eigenvalue weighted by Gasteiger charge is -2.14. The van der Waals surface area contributed by atoms with Crippen LogP contribution in [0.1, 0.15) is 117 Å². The van der Waals surface area contributed by atoms with E-state index in [0.717, 1.165) is 46.5 Å². The molecule has 0 saturated carbocycles. The highest BCUT2D eigenvalue weighted by Gasteiger charge is 2.10. The van der Waals surface area contributed by atoms with Crippen LogP contribution in [-0.2, 0) is 0 Å². The lowest BCUT2D eigenvalue weighted by Crippen LogP contribution is -2.03. The fourth-order valence-electron chi connectivity index (χ4n) is 3.57. The van der Waals surface area contributed by atoms with E-state index >= 15 is 0 Å². The van der Waals surface area contributed by atoms with Crippen LogP contribution in [0.25, 0.3) is 0 Å². The molecule has 0 bridgehead atoms. The molecule has 1 aromatic rings. The molecule has 0 heterocycles. The summed E-state index contributed by atoms with van der Waals surface area (Å²) in [6, 6.07) is 4.05. The molecule has 0 aliphatic heterocycles. The van der Waals surface area contributed by atoms with E-state index in [1.54, 1.807) is 0 Å². The van der Waals surface area contributed by atoms with E-state index in [9.17, 15) is 0 Å². The molecule has 0 unspecified atom stereocenters. The van der Waals surface area contributed by atoms with Crippen molar-refractivity contribution in [2.75, 3.05) is 13.2 Å². The first-order valence-electron chi connectivity index (χ1n) is 12.4. The van der Waals surface area contributed by atoms with Gasteiger partial charge in [-0.1, -0.05) is 104 Å². The zero-order valence-electron chi connectivity index (χ0n) is 19.5. The molecule has 0 saturated heterocycles. The highest BCUT2D eigenvalue weighted by Crippen LogP contribution is 2.36. The Morgan fingerprint density at radius 1 is 0.500 bits per heavy atom. The fourth-order valence-corrected chi connectivity index (χ4v) is 4.22. The Morgan fingerprint density at radius 3 is 1.13 bits per heavy atom. The molecule has 0 spiro atoms. The molecule has 1 aromatic carbocycles. The highest BCUT2D eigenvalue weighted by molar-refractivity contribution is 9.13. The molecular weight excluding hydrogens is 504 g/mol. The van der Waals surface area contributed by atoms with Gasteiger partial charge in [-0.05, 0) is 56.8 Å². The summed E-state index contributed by atoms with van der Waals surface area (Å²) in [5.41, 5.74) is 0. The van der Waals surface area contributed by atoms with E-state index in [1.807, 2.05) is 12.1 Å². The van der Waals surface area contributed by atoms with Crippen LogP contribution in [0.5, 0.6) is 11.5 Å². The van der Waals surface area contributed by atoms with Crippen LogP contribution in [0.15, 0.2) is 21.1 Å². The van der Waals surface area contributed by atoms with Crippen molar-refractivity contribution in [3.8, 4) is 11.5 Å². The van der Waals surface area contributed by atoms with Crippen molar-refractivity contribution in [1.82, 2.24) is 0 Å². The van der Waals surface area contributed by atoms with E-state index in [4.69, 9.17) is 9.47 Å². The number of ether oxygens (including phenoxy) is 2. The minimum absolute atomic E-state index is 0.761. The maximum atomic E-state index is 6.08. The monoisotopic (exact) mass is 546 g/mol. The molecule has 0 radical (unpaired) electrons. The Morgan fingerprint density at radius 2 is 0.800 bits per heavy atom. The second kappa shape index (κ2) is 19.5. The number of unbranched alkanes of at least 4 members (excludes halogenated alkanes) is 14. The van der Waals surface area contributed by atoms with Crippen molar-refractivity contribution in [1.29, 1.82) is 0 Å². The molecule has 4 heteroatoms. The lowest BCUT2D eigenvalue weighted by atomic mass is 10.1. The van der Waals surface area contributed by atoms with Crippen molar-refractivity contribution in [2.45, 2.75) is 117 Å². The second-order valence-corrected chi connectivity index (χ2v) is 10.1. The normalized spacial score (nSPS) is 11.1. The summed E-state index contributed by atoms with van der Waals surface area (Å²) in [6.45, 7) is 6.06. The maximum absolute atomic E-state index is 6.08. The average Bonchev–Trinajstić information content (AvgIpc) is 2.74. The van der Waals surface area contributed by atoms with E-state index < -0.39 is 0 Å². The number of benzene rings is 1. The summed E-state index contributed by atoms with van der Waals surface area (Å²) >= 11 is 7.18. The van der Waals surface area contributed by atoms with E-state index in [-0.39, 0.29) is 0 Å². The number of rotatable bonds is 20. The first kappa shape index (κ1) is 27.8. The zero-order valence-corrected chi connectivity index (χ0v) is 22.6. The molecule has 1 rings (SSSR count). The van der Waals surface area contributed by atoms with Crippen LogP contribution in [0.4, 0.5) is 0 Å². The van der Waals surface area contributed by atoms with Gasteiger partial charge >= 0.3 is 0 Å². The van der Waals surface area contributed by atoms with Gasteiger partial charge in [0.15, 0.2) is 11.5 Å². The Kier molecular flexibility index (Phi) is 18.0. The van der Waals surface area contributed by atoms with Gasteiger partial charge in [0.2, 0.25) is 0 Å². The van der Waals surface area contributed by atoms with Crippen LogP contribution in [0.2, 0.25) is 0 Å². The molecule has 0 aromatic heterocycles. The Hall–Kier alpha value is -0.220. The molecular formula is C26H44Br2O2. The molecule has 0 atom stereocenters. The number of halogens is 2. The summed E-state index contributed by atoms with van der Waals surface area (Å²) in [6.07, 6.45) is 21.0. The number of hydrogen-bond acceptors (Lipinski definition) is 2. The molecule has 0 amide bonds. The van der Waals surface area contributed by atoms with Crippen molar-refractivity contribution < 1.29 is 9.47 Å². The quantitative estimate of drug-likeness (QED) is 0.151. The average molecular weight is 548 g/mol. The summed E-state index contributed by atoms with van der Waals surface area (Å²) in [7, 11) is 0. The van der Waals surface area contributed by atoms with E-state index in [2.05, 4.69) is 45.7 Å². The maximum Gasteiger partial charge on any atom is 0.162 e. The Bertz CT molecular complexity index is 487. The predicted octanol–water partition coefficient (Wildman–Crippen LogP) is 10.3. The molecule has 174 valence electrons. The number of hydrogen-bond donors (Lipinski definition) is 0. The van der Waals surface area contributed by atoms with Gasteiger partial charge in [0.25, 0.3) is 0 Å². The predicted molar refractivity (Wildman–Crippen MR) is 138 cm³/mol. The van der Waals surface area contributed by atoms with Crippen LogP contribution in [0, 0.1) is 0 Å². The van der Waals surface area contributed by atoms with E-state index in [1.165, 1.54) is 89.9 Å². The topological polar surface area (TPSA) is 18.5 Å². The smallest absolute Gasteiger partial charge is 0.162 e. The van der Waals surface area contributed by atoms with Gasteiger partial charge in [-0.15, -0.1) is 0 Å². The minimum atomic E-state index is 0.761. The first-order chi connectivity index (χ1) is 14.7. The van der Waals surface area contributed by atoms with Gasteiger partial charge in [-0.25, -0.2) is 0 Å². The Balaban J connectivity index is 2.24. The second-order valence-electron chi connectivity index (χ2n) is 8.36. The van der Waals surface area contributed by atoms with Crippen LogP contribution >= 0.6 is 31.9 Å².